The van der Waals surface area contributed by atoms with Gasteiger partial charge in [-0.2, -0.15) is 12.6 Å². The molecule has 0 aromatic heterocycles. The molecule has 0 radical (unpaired) electrons. The summed E-state index contributed by atoms with van der Waals surface area (Å²) < 4.78 is 36.3. The standard InChI is InChI=1S/C19H30O6SSi3/c1-20-27(21-2)24-29(18-12-7-5-8-13-18,19-14-9-6-10-15-19)25-28(22-3,23-4)17-11-16-26/h5-10,12-15,26-27H,11,16-17H2,1-4H3. The molecule has 0 N–H and O–H groups in total. The number of hydrogen-bond acceptors (Lipinski definition) is 7. The average Bonchev–Trinajstić information content (AvgIpc) is 2.80. The predicted octanol–water partition coefficient (Wildman–Crippen LogP) is 1.84. The minimum absolute atomic E-state index is 0.632. The third kappa shape index (κ3) is 6.10. The molecule has 0 fully saturated rings. The Morgan fingerprint density at radius 3 is 1.66 bits per heavy atom. The SMILES string of the molecule is CO[SiH](OC)O[Si](O[Si](CCCS)(OC)OC)(c1ccccc1)c1ccccc1. The fourth-order valence-electron chi connectivity index (χ4n) is 3.02. The smallest absolute Gasteiger partial charge is 0.389 e. The van der Waals surface area contributed by atoms with E-state index in [9.17, 15) is 0 Å². The fraction of sp³-hybridized carbons (Fsp3) is 0.368. The van der Waals surface area contributed by atoms with Crippen LogP contribution in [0.15, 0.2) is 60.7 Å². The quantitative estimate of drug-likeness (QED) is 0.356. The first-order valence-corrected chi connectivity index (χ1v) is 15.1. The third-order valence-electron chi connectivity index (χ3n) is 4.52. The Kier molecular flexibility index (Phi) is 10.3. The lowest BCUT2D eigenvalue weighted by molar-refractivity contribution is 0.135. The van der Waals surface area contributed by atoms with Crippen molar-refractivity contribution in [3.63, 3.8) is 0 Å². The summed E-state index contributed by atoms with van der Waals surface area (Å²) in [6.07, 6.45) is 0.806. The first-order valence-electron chi connectivity index (χ1n) is 9.35. The van der Waals surface area contributed by atoms with Crippen LogP contribution >= 0.6 is 12.6 Å². The van der Waals surface area contributed by atoms with Gasteiger partial charge in [-0.15, -0.1) is 0 Å². The molecule has 0 saturated carbocycles. The van der Waals surface area contributed by atoms with E-state index in [1.165, 1.54) is 0 Å². The summed E-state index contributed by atoms with van der Waals surface area (Å²) in [6, 6.07) is 20.5. The number of benzene rings is 2. The lowest BCUT2D eigenvalue weighted by atomic mass is 10.4. The maximum absolute atomic E-state index is 6.88. The predicted molar refractivity (Wildman–Crippen MR) is 124 cm³/mol. The molecular formula is C19H30O6SSi3. The van der Waals surface area contributed by atoms with Crippen LogP contribution in [0.4, 0.5) is 0 Å². The number of hydrogen-bond donors (Lipinski definition) is 1. The summed E-state index contributed by atoms with van der Waals surface area (Å²) in [4.78, 5) is 0. The van der Waals surface area contributed by atoms with Gasteiger partial charge in [0.2, 0.25) is 0 Å². The van der Waals surface area contributed by atoms with Crippen molar-refractivity contribution in [2.75, 3.05) is 34.2 Å². The highest BCUT2D eigenvalue weighted by Crippen LogP contribution is 2.24. The molecule has 0 unspecified atom stereocenters. The van der Waals surface area contributed by atoms with Crippen LogP contribution < -0.4 is 10.4 Å². The second-order valence-electron chi connectivity index (χ2n) is 6.25. The zero-order chi connectivity index (χ0) is 21.2. The van der Waals surface area contributed by atoms with Gasteiger partial charge in [-0.1, -0.05) is 60.7 Å². The molecule has 29 heavy (non-hydrogen) atoms. The van der Waals surface area contributed by atoms with E-state index < -0.39 is 26.9 Å². The van der Waals surface area contributed by atoms with Gasteiger partial charge >= 0.3 is 26.9 Å². The lowest BCUT2D eigenvalue weighted by Crippen LogP contribution is -2.71. The van der Waals surface area contributed by atoms with Gasteiger partial charge in [0.05, 0.1) is 0 Å². The molecule has 6 nitrogen and oxygen atoms in total. The normalized spacial score (nSPS) is 12.5. The van der Waals surface area contributed by atoms with Gasteiger partial charge in [-0.05, 0) is 22.5 Å². The summed E-state index contributed by atoms with van der Waals surface area (Å²) in [5.74, 6) is 0.713. The molecule has 160 valence electrons. The number of rotatable bonds is 13. The van der Waals surface area contributed by atoms with Crippen LogP contribution in [0.1, 0.15) is 6.42 Å². The van der Waals surface area contributed by atoms with Crippen molar-refractivity contribution in [1.29, 1.82) is 0 Å². The van der Waals surface area contributed by atoms with Gasteiger partial charge in [-0.25, -0.2) is 0 Å². The zero-order valence-electron chi connectivity index (χ0n) is 17.4. The van der Waals surface area contributed by atoms with Crippen molar-refractivity contribution >= 4 is 49.9 Å². The van der Waals surface area contributed by atoms with E-state index in [2.05, 4.69) is 12.6 Å². The molecule has 0 heterocycles. The molecule has 0 atom stereocenters. The molecule has 0 amide bonds. The first kappa shape index (κ1) is 24.5. The van der Waals surface area contributed by atoms with Crippen molar-refractivity contribution in [1.82, 2.24) is 0 Å². The van der Waals surface area contributed by atoms with Crippen molar-refractivity contribution in [3.8, 4) is 0 Å². The molecule has 2 rings (SSSR count). The molecule has 0 aliphatic rings. The molecule has 0 aliphatic carbocycles. The van der Waals surface area contributed by atoms with Crippen LogP contribution in [0.3, 0.4) is 0 Å². The molecule has 2 aromatic carbocycles. The first-order chi connectivity index (χ1) is 14.1. The maximum Gasteiger partial charge on any atom is 0.491 e. The highest BCUT2D eigenvalue weighted by molar-refractivity contribution is 7.80. The largest absolute Gasteiger partial charge is 0.491 e. The zero-order valence-corrected chi connectivity index (χ0v) is 21.4. The van der Waals surface area contributed by atoms with Gasteiger partial charge in [0.25, 0.3) is 0 Å². The molecular weight excluding hydrogens is 441 g/mol. The number of thiol groups is 1. The molecule has 0 bridgehead atoms. The van der Waals surface area contributed by atoms with Gasteiger partial charge in [0.15, 0.2) is 0 Å². The Labute approximate surface area is 183 Å². The lowest BCUT2D eigenvalue weighted by Gasteiger charge is -2.39. The molecule has 0 aliphatic heterocycles. The van der Waals surface area contributed by atoms with Gasteiger partial charge in [0, 0.05) is 34.5 Å². The van der Waals surface area contributed by atoms with E-state index in [1.807, 2.05) is 60.7 Å². The minimum Gasteiger partial charge on any atom is -0.389 e. The summed E-state index contributed by atoms with van der Waals surface area (Å²) in [6.45, 7) is 0. The summed E-state index contributed by atoms with van der Waals surface area (Å²) in [5, 5.41) is 1.88. The molecule has 10 heteroatoms. The van der Waals surface area contributed by atoms with E-state index in [-0.39, 0.29) is 0 Å². The summed E-state index contributed by atoms with van der Waals surface area (Å²) in [7, 11) is -2.36. The summed E-state index contributed by atoms with van der Waals surface area (Å²) in [5.41, 5.74) is 0. The van der Waals surface area contributed by atoms with Gasteiger partial charge < -0.3 is 25.9 Å². The van der Waals surface area contributed by atoms with Crippen LogP contribution in [-0.2, 0) is 25.9 Å². The average molecular weight is 471 g/mol. The van der Waals surface area contributed by atoms with E-state index in [1.54, 1.807) is 28.4 Å². The maximum atomic E-state index is 6.88. The van der Waals surface area contributed by atoms with Gasteiger partial charge in [0.1, 0.15) is 0 Å². The third-order valence-corrected chi connectivity index (χ3v) is 14.5. The Hall–Kier alpha value is -0.799. The van der Waals surface area contributed by atoms with Crippen molar-refractivity contribution in [3.05, 3.63) is 60.7 Å². The molecule has 0 spiro atoms. The highest BCUT2D eigenvalue weighted by atomic mass is 32.1. The molecule has 0 saturated heterocycles. The summed E-state index contributed by atoms with van der Waals surface area (Å²) >= 11 is 4.35. The second-order valence-corrected chi connectivity index (χ2v) is 15.0. The second kappa shape index (κ2) is 12.2. The Bertz CT molecular complexity index is 662. The van der Waals surface area contributed by atoms with Crippen LogP contribution in [-0.4, -0.2) is 61.1 Å². The van der Waals surface area contributed by atoms with Gasteiger partial charge in [-0.3, -0.25) is 0 Å². The van der Waals surface area contributed by atoms with Crippen molar-refractivity contribution in [2.45, 2.75) is 12.5 Å². The highest BCUT2D eigenvalue weighted by Gasteiger charge is 2.54. The van der Waals surface area contributed by atoms with Crippen LogP contribution in [0.2, 0.25) is 6.04 Å². The Morgan fingerprint density at radius 2 is 1.28 bits per heavy atom. The van der Waals surface area contributed by atoms with E-state index in [0.717, 1.165) is 16.8 Å². The van der Waals surface area contributed by atoms with E-state index in [4.69, 9.17) is 25.9 Å². The van der Waals surface area contributed by atoms with Crippen molar-refractivity contribution in [2.24, 2.45) is 0 Å². The van der Waals surface area contributed by atoms with Crippen LogP contribution in [0.25, 0.3) is 0 Å². The fourth-order valence-corrected chi connectivity index (χ4v) is 13.8. The Morgan fingerprint density at radius 1 is 0.793 bits per heavy atom. The van der Waals surface area contributed by atoms with E-state index in [0.29, 0.717) is 11.8 Å². The minimum atomic E-state index is -3.28. The van der Waals surface area contributed by atoms with Crippen LogP contribution in [0.5, 0.6) is 0 Å². The van der Waals surface area contributed by atoms with E-state index >= 15 is 0 Å². The topological polar surface area (TPSA) is 55.4 Å². The molecule has 2 aromatic rings. The van der Waals surface area contributed by atoms with Crippen molar-refractivity contribution < 1.29 is 25.9 Å². The monoisotopic (exact) mass is 470 g/mol. The van der Waals surface area contributed by atoms with Crippen LogP contribution in [0, 0.1) is 0 Å². The Balaban J connectivity index is 2.66.